The number of hydrogen-bond acceptors (Lipinski definition) is 2. The average Bonchev–Trinajstić information content (AvgIpc) is 2.79. The molecule has 0 spiro atoms. The van der Waals surface area contributed by atoms with Crippen molar-refractivity contribution in [1.82, 2.24) is 14.5 Å². The first-order valence-corrected chi connectivity index (χ1v) is 6.15. The summed E-state index contributed by atoms with van der Waals surface area (Å²) in [6.45, 7) is 4.35. The lowest BCUT2D eigenvalue weighted by Gasteiger charge is -2.12. The Morgan fingerprint density at radius 2 is 1.89 bits per heavy atom. The molecule has 0 saturated heterocycles. The number of imidazole rings is 1. The largest absolute Gasteiger partial charge is 0.321 e. The van der Waals surface area contributed by atoms with Gasteiger partial charge in [-0.15, -0.1) is 0 Å². The third-order valence-electron chi connectivity index (χ3n) is 3.03. The summed E-state index contributed by atoms with van der Waals surface area (Å²) < 4.78 is 2.26. The van der Waals surface area contributed by atoms with Crippen molar-refractivity contribution in [2.75, 3.05) is 0 Å². The van der Waals surface area contributed by atoms with Crippen LogP contribution in [0.1, 0.15) is 19.9 Å². The molecule has 0 amide bonds. The number of pyridine rings is 1. The molecule has 3 rings (SSSR count). The Kier molecular flexibility index (Phi) is 2.59. The van der Waals surface area contributed by atoms with Crippen LogP contribution >= 0.6 is 0 Å². The van der Waals surface area contributed by atoms with Crippen molar-refractivity contribution in [3.63, 3.8) is 0 Å². The summed E-state index contributed by atoms with van der Waals surface area (Å²) in [5, 5.41) is 0. The fraction of sp³-hybridized carbons (Fsp3) is 0.200. The third-order valence-corrected chi connectivity index (χ3v) is 3.03. The van der Waals surface area contributed by atoms with Gasteiger partial charge in [-0.05, 0) is 38.1 Å². The van der Waals surface area contributed by atoms with Crippen LogP contribution in [0.25, 0.3) is 22.4 Å². The lowest BCUT2D eigenvalue weighted by atomic mass is 10.2. The molecule has 0 aliphatic heterocycles. The molecule has 0 atom stereocenters. The Morgan fingerprint density at radius 1 is 1.06 bits per heavy atom. The van der Waals surface area contributed by atoms with E-state index in [0.29, 0.717) is 6.04 Å². The minimum absolute atomic E-state index is 0.368. The maximum atomic E-state index is 4.73. The number of aromatic nitrogens is 3. The normalized spacial score (nSPS) is 11.3. The van der Waals surface area contributed by atoms with Gasteiger partial charge in [0.05, 0.1) is 11.0 Å². The molecular formula is C15H15N3. The van der Waals surface area contributed by atoms with Gasteiger partial charge in [-0.2, -0.15) is 0 Å². The second-order valence-corrected chi connectivity index (χ2v) is 4.63. The van der Waals surface area contributed by atoms with E-state index >= 15 is 0 Å². The van der Waals surface area contributed by atoms with Crippen LogP contribution < -0.4 is 0 Å². The topological polar surface area (TPSA) is 30.7 Å². The van der Waals surface area contributed by atoms with Gasteiger partial charge in [0.25, 0.3) is 0 Å². The van der Waals surface area contributed by atoms with Crippen LogP contribution in [0.2, 0.25) is 0 Å². The molecule has 0 radical (unpaired) electrons. The lowest BCUT2D eigenvalue weighted by Crippen LogP contribution is -2.03. The molecule has 90 valence electrons. The molecule has 3 aromatic rings. The number of benzene rings is 1. The highest BCUT2D eigenvalue weighted by Gasteiger charge is 2.14. The average molecular weight is 237 g/mol. The zero-order chi connectivity index (χ0) is 12.5. The standard InChI is InChI=1S/C15H15N3/c1-11(2)18-14-8-4-3-7-13(14)17-15(18)12-6-5-9-16-10-12/h3-11H,1-2H3. The predicted octanol–water partition coefficient (Wildman–Crippen LogP) is 3.68. The summed E-state index contributed by atoms with van der Waals surface area (Å²) in [6, 6.07) is 12.6. The molecule has 0 aliphatic rings. The van der Waals surface area contributed by atoms with Crippen LogP contribution in [-0.4, -0.2) is 14.5 Å². The zero-order valence-electron chi connectivity index (χ0n) is 10.5. The number of fused-ring (bicyclic) bond motifs is 1. The van der Waals surface area contributed by atoms with Gasteiger partial charge in [-0.25, -0.2) is 4.98 Å². The SMILES string of the molecule is CC(C)n1c(-c2cccnc2)nc2ccccc21. The van der Waals surface area contributed by atoms with E-state index in [1.165, 1.54) is 5.52 Å². The van der Waals surface area contributed by atoms with E-state index in [4.69, 9.17) is 4.98 Å². The Labute approximate surface area is 106 Å². The quantitative estimate of drug-likeness (QED) is 0.680. The molecule has 0 fully saturated rings. The summed E-state index contributed by atoms with van der Waals surface area (Å²) >= 11 is 0. The van der Waals surface area contributed by atoms with Gasteiger partial charge in [0, 0.05) is 24.0 Å². The van der Waals surface area contributed by atoms with Crippen LogP contribution in [0.3, 0.4) is 0 Å². The molecule has 3 heteroatoms. The first-order chi connectivity index (χ1) is 8.77. The first kappa shape index (κ1) is 11.0. The number of hydrogen-bond donors (Lipinski definition) is 0. The van der Waals surface area contributed by atoms with Gasteiger partial charge in [-0.3, -0.25) is 4.98 Å². The smallest absolute Gasteiger partial charge is 0.142 e. The molecule has 3 nitrogen and oxygen atoms in total. The van der Waals surface area contributed by atoms with Gasteiger partial charge >= 0.3 is 0 Å². The van der Waals surface area contributed by atoms with E-state index in [1.807, 2.05) is 30.5 Å². The highest BCUT2D eigenvalue weighted by molar-refractivity contribution is 5.80. The van der Waals surface area contributed by atoms with Crippen LogP contribution in [-0.2, 0) is 0 Å². The summed E-state index contributed by atoms with van der Waals surface area (Å²) in [6.07, 6.45) is 3.64. The Balaban J connectivity index is 2.32. The molecule has 1 aromatic carbocycles. The summed E-state index contributed by atoms with van der Waals surface area (Å²) in [7, 11) is 0. The second kappa shape index (κ2) is 4.26. The fourth-order valence-corrected chi connectivity index (χ4v) is 2.27. The molecule has 0 unspecified atom stereocenters. The van der Waals surface area contributed by atoms with Gasteiger partial charge < -0.3 is 4.57 Å². The van der Waals surface area contributed by atoms with Gasteiger partial charge in [0.15, 0.2) is 0 Å². The summed E-state index contributed by atoms with van der Waals surface area (Å²) in [5.41, 5.74) is 3.26. The van der Waals surface area contributed by atoms with E-state index < -0.39 is 0 Å². The van der Waals surface area contributed by atoms with E-state index in [0.717, 1.165) is 16.9 Å². The molecule has 0 aliphatic carbocycles. The van der Waals surface area contributed by atoms with Crippen LogP contribution in [0.15, 0.2) is 48.8 Å². The molecule has 0 N–H and O–H groups in total. The maximum absolute atomic E-state index is 4.73. The monoisotopic (exact) mass is 237 g/mol. The molecule has 0 bridgehead atoms. The lowest BCUT2D eigenvalue weighted by molar-refractivity contribution is 0.624. The Bertz CT molecular complexity index is 669. The number of nitrogens with zero attached hydrogens (tertiary/aromatic N) is 3. The van der Waals surface area contributed by atoms with Crippen molar-refractivity contribution in [1.29, 1.82) is 0 Å². The zero-order valence-corrected chi connectivity index (χ0v) is 10.5. The van der Waals surface area contributed by atoms with E-state index in [1.54, 1.807) is 6.20 Å². The van der Waals surface area contributed by atoms with Gasteiger partial charge in [0.1, 0.15) is 5.82 Å². The van der Waals surface area contributed by atoms with Gasteiger partial charge in [-0.1, -0.05) is 12.1 Å². The van der Waals surface area contributed by atoms with Crippen molar-refractivity contribution >= 4 is 11.0 Å². The van der Waals surface area contributed by atoms with E-state index in [2.05, 4.69) is 35.5 Å². The van der Waals surface area contributed by atoms with Crippen LogP contribution in [0.5, 0.6) is 0 Å². The predicted molar refractivity (Wildman–Crippen MR) is 73.3 cm³/mol. The molecular weight excluding hydrogens is 222 g/mol. The third kappa shape index (κ3) is 1.68. The van der Waals surface area contributed by atoms with Gasteiger partial charge in [0.2, 0.25) is 0 Å². The van der Waals surface area contributed by atoms with Crippen LogP contribution in [0.4, 0.5) is 0 Å². The number of rotatable bonds is 2. The van der Waals surface area contributed by atoms with Crippen molar-refractivity contribution in [3.05, 3.63) is 48.8 Å². The van der Waals surface area contributed by atoms with Crippen molar-refractivity contribution in [2.24, 2.45) is 0 Å². The summed E-state index contributed by atoms with van der Waals surface area (Å²) in [4.78, 5) is 8.91. The van der Waals surface area contributed by atoms with E-state index in [-0.39, 0.29) is 0 Å². The van der Waals surface area contributed by atoms with Crippen LogP contribution in [0, 0.1) is 0 Å². The summed E-state index contributed by atoms with van der Waals surface area (Å²) in [5.74, 6) is 0.985. The highest BCUT2D eigenvalue weighted by atomic mass is 15.1. The highest BCUT2D eigenvalue weighted by Crippen LogP contribution is 2.27. The van der Waals surface area contributed by atoms with E-state index in [9.17, 15) is 0 Å². The van der Waals surface area contributed by atoms with Crippen molar-refractivity contribution in [3.8, 4) is 11.4 Å². The molecule has 0 saturated carbocycles. The molecule has 18 heavy (non-hydrogen) atoms. The fourth-order valence-electron chi connectivity index (χ4n) is 2.27. The number of para-hydroxylation sites is 2. The minimum Gasteiger partial charge on any atom is -0.321 e. The Morgan fingerprint density at radius 3 is 2.61 bits per heavy atom. The maximum Gasteiger partial charge on any atom is 0.142 e. The van der Waals surface area contributed by atoms with Crippen molar-refractivity contribution in [2.45, 2.75) is 19.9 Å². The first-order valence-electron chi connectivity index (χ1n) is 6.15. The second-order valence-electron chi connectivity index (χ2n) is 4.63. The molecule has 2 aromatic heterocycles. The Hall–Kier alpha value is -2.16. The van der Waals surface area contributed by atoms with Crippen molar-refractivity contribution < 1.29 is 0 Å². The molecule has 2 heterocycles. The minimum atomic E-state index is 0.368.